The molecular formula is C11H14N2O4. The number of amides is 1. The summed E-state index contributed by atoms with van der Waals surface area (Å²) >= 11 is 0. The number of aliphatic hydroxyl groups is 1. The predicted molar refractivity (Wildman–Crippen MR) is 61.8 cm³/mol. The first-order chi connectivity index (χ1) is 7.91. The fraction of sp³-hybridized carbons (Fsp3) is 0.273. The Morgan fingerprint density at radius 1 is 1.47 bits per heavy atom. The average Bonchev–Trinajstić information content (AvgIpc) is 2.26. The van der Waals surface area contributed by atoms with E-state index in [0.717, 1.165) is 5.56 Å². The minimum absolute atomic E-state index is 0.0849. The second-order valence-corrected chi connectivity index (χ2v) is 3.65. The maximum Gasteiger partial charge on any atom is 0.337 e. The van der Waals surface area contributed by atoms with Gasteiger partial charge in [-0.3, -0.25) is 4.79 Å². The molecule has 0 saturated heterocycles. The van der Waals surface area contributed by atoms with Crippen molar-refractivity contribution >= 4 is 17.6 Å². The third kappa shape index (κ3) is 3.46. The summed E-state index contributed by atoms with van der Waals surface area (Å²) in [4.78, 5) is 21.6. The predicted octanol–water partition coefficient (Wildman–Crippen LogP) is -0.0487. The van der Waals surface area contributed by atoms with Crippen LogP contribution in [0.25, 0.3) is 0 Å². The molecule has 1 amide bonds. The Labute approximate surface area is 98.1 Å². The molecule has 1 unspecified atom stereocenters. The summed E-state index contributed by atoms with van der Waals surface area (Å²) in [6.45, 7) is 1.65. The van der Waals surface area contributed by atoms with E-state index in [1.165, 1.54) is 6.07 Å². The average molecular weight is 238 g/mol. The van der Waals surface area contributed by atoms with Crippen LogP contribution in [-0.4, -0.2) is 34.7 Å². The van der Waals surface area contributed by atoms with Gasteiger partial charge >= 0.3 is 5.97 Å². The molecule has 0 aliphatic rings. The molecule has 0 aliphatic heterocycles. The number of nitrogens with one attached hydrogen (secondary N) is 1. The molecule has 5 N–H and O–H groups in total. The molecule has 0 fully saturated rings. The number of benzene rings is 1. The van der Waals surface area contributed by atoms with Crippen molar-refractivity contribution in [3.05, 3.63) is 29.3 Å². The zero-order chi connectivity index (χ0) is 13.0. The maximum atomic E-state index is 11.0. The van der Waals surface area contributed by atoms with Gasteiger partial charge in [-0.05, 0) is 19.1 Å². The number of hydrogen-bond donors (Lipinski definition) is 4. The molecule has 0 aromatic heterocycles. The molecule has 0 aliphatic carbocycles. The van der Waals surface area contributed by atoms with Gasteiger partial charge in [-0.2, -0.15) is 0 Å². The molecule has 0 bridgehead atoms. The van der Waals surface area contributed by atoms with Crippen molar-refractivity contribution in [2.45, 2.75) is 13.0 Å². The summed E-state index contributed by atoms with van der Waals surface area (Å²) in [5.41, 5.74) is 6.11. The van der Waals surface area contributed by atoms with Gasteiger partial charge in [-0.25, -0.2) is 4.79 Å². The minimum Gasteiger partial charge on any atom is -0.478 e. The summed E-state index contributed by atoms with van der Waals surface area (Å²) in [5.74, 6) is -1.94. The highest BCUT2D eigenvalue weighted by atomic mass is 16.4. The first-order valence-corrected chi connectivity index (χ1v) is 4.97. The van der Waals surface area contributed by atoms with Gasteiger partial charge in [0.25, 0.3) is 0 Å². The molecule has 1 aromatic carbocycles. The van der Waals surface area contributed by atoms with Crippen molar-refractivity contribution in [2.75, 3.05) is 11.9 Å². The fourth-order valence-electron chi connectivity index (χ4n) is 1.30. The van der Waals surface area contributed by atoms with Gasteiger partial charge in [0.1, 0.15) is 6.10 Å². The van der Waals surface area contributed by atoms with E-state index in [4.69, 9.17) is 10.8 Å². The van der Waals surface area contributed by atoms with Crippen LogP contribution in [-0.2, 0) is 4.79 Å². The van der Waals surface area contributed by atoms with E-state index in [0.29, 0.717) is 5.69 Å². The molecule has 0 saturated carbocycles. The number of nitrogens with two attached hydrogens (primary N) is 1. The molecule has 0 heterocycles. The van der Waals surface area contributed by atoms with Crippen molar-refractivity contribution < 1.29 is 19.8 Å². The molecule has 1 atom stereocenters. The lowest BCUT2D eigenvalue weighted by molar-refractivity contribution is -0.125. The highest BCUT2D eigenvalue weighted by Gasteiger charge is 2.14. The fourth-order valence-corrected chi connectivity index (χ4v) is 1.30. The Balaban J connectivity index is 2.84. The number of aromatic carboxylic acids is 1. The van der Waals surface area contributed by atoms with Crippen molar-refractivity contribution in [1.29, 1.82) is 0 Å². The van der Waals surface area contributed by atoms with Gasteiger partial charge in [-0.1, -0.05) is 11.6 Å². The molecule has 17 heavy (non-hydrogen) atoms. The van der Waals surface area contributed by atoms with Gasteiger partial charge in [-0.15, -0.1) is 0 Å². The first kappa shape index (κ1) is 13.0. The lowest BCUT2D eigenvalue weighted by Gasteiger charge is -2.12. The van der Waals surface area contributed by atoms with Gasteiger partial charge in [0.05, 0.1) is 5.56 Å². The quantitative estimate of drug-likeness (QED) is 0.574. The SMILES string of the molecule is Cc1ccc(NCC(O)C(N)=O)c(C(=O)O)c1. The van der Waals surface area contributed by atoms with E-state index in [9.17, 15) is 14.7 Å². The summed E-state index contributed by atoms with van der Waals surface area (Å²) in [5, 5.41) is 20.8. The van der Waals surface area contributed by atoms with Crippen LogP contribution in [0.15, 0.2) is 18.2 Å². The van der Waals surface area contributed by atoms with Crippen LogP contribution in [0.2, 0.25) is 0 Å². The molecular weight excluding hydrogens is 224 g/mol. The van der Waals surface area contributed by atoms with E-state index in [1.54, 1.807) is 19.1 Å². The summed E-state index contributed by atoms with van der Waals surface area (Å²) < 4.78 is 0. The normalized spacial score (nSPS) is 11.9. The first-order valence-electron chi connectivity index (χ1n) is 4.97. The van der Waals surface area contributed by atoms with Crippen molar-refractivity contribution in [1.82, 2.24) is 0 Å². The Hall–Kier alpha value is -2.08. The number of rotatable bonds is 5. The molecule has 92 valence electrons. The van der Waals surface area contributed by atoms with E-state index >= 15 is 0 Å². The number of aliphatic hydroxyl groups excluding tert-OH is 1. The van der Waals surface area contributed by atoms with Crippen LogP contribution in [0.5, 0.6) is 0 Å². The number of carboxylic acids is 1. The van der Waals surface area contributed by atoms with Crippen LogP contribution in [0.1, 0.15) is 15.9 Å². The van der Waals surface area contributed by atoms with Crippen LogP contribution < -0.4 is 11.1 Å². The molecule has 0 spiro atoms. The van der Waals surface area contributed by atoms with Crippen molar-refractivity contribution in [2.24, 2.45) is 5.73 Å². The second-order valence-electron chi connectivity index (χ2n) is 3.65. The molecule has 1 aromatic rings. The van der Waals surface area contributed by atoms with Gasteiger partial charge in [0.2, 0.25) is 5.91 Å². The standard InChI is InChI=1S/C11H14N2O4/c1-6-2-3-8(7(4-6)11(16)17)13-5-9(14)10(12)15/h2-4,9,13-14H,5H2,1H3,(H2,12,15)(H,16,17). The van der Waals surface area contributed by atoms with Crippen LogP contribution in [0.3, 0.4) is 0 Å². The summed E-state index contributed by atoms with van der Waals surface area (Å²) in [6.07, 6.45) is -1.35. The zero-order valence-electron chi connectivity index (χ0n) is 9.30. The third-order valence-corrected chi connectivity index (χ3v) is 2.22. The highest BCUT2D eigenvalue weighted by Crippen LogP contribution is 2.17. The Morgan fingerprint density at radius 2 is 2.12 bits per heavy atom. The lowest BCUT2D eigenvalue weighted by Crippen LogP contribution is -2.34. The van der Waals surface area contributed by atoms with Crippen LogP contribution in [0, 0.1) is 6.92 Å². The monoisotopic (exact) mass is 238 g/mol. The second kappa shape index (κ2) is 5.31. The van der Waals surface area contributed by atoms with E-state index in [-0.39, 0.29) is 12.1 Å². The largest absolute Gasteiger partial charge is 0.478 e. The lowest BCUT2D eigenvalue weighted by atomic mass is 10.1. The van der Waals surface area contributed by atoms with E-state index in [2.05, 4.69) is 5.32 Å². The third-order valence-electron chi connectivity index (χ3n) is 2.22. The number of carbonyl (C=O) groups excluding carboxylic acids is 1. The molecule has 6 heteroatoms. The zero-order valence-corrected chi connectivity index (χ0v) is 9.30. The van der Waals surface area contributed by atoms with Gasteiger partial charge < -0.3 is 21.3 Å². The van der Waals surface area contributed by atoms with Gasteiger partial charge in [0.15, 0.2) is 0 Å². The molecule has 6 nitrogen and oxygen atoms in total. The van der Waals surface area contributed by atoms with Crippen molar-refractivity contribution in [3.63, 3.8) is 0 Å². The minimum atomic E-state index is -1.35. The van der Waals surface area contributed by atoms with E-state index < -0.39 is 18.0 Å². The van der Waals surface area contributed by atoms with Crippen LogP contribution >= 0.6 is 0 Å². The summed E-state index contributed by atoms with van der Waals surface area (Å²) in [6, 6.07) is 4.80. The summed E-state index contributed by atoms with van der Waals surface area (Å²) in [7, 11) is 0. The number of carbonyl (C=O) groups is 2. The van der Waals surface area contributed by atoms with Crippen molar-refractivity contribution in [3.8, 4) is 0 Å². The number of primary amides is 1. The Kier molecular flexibility index (Phi) is 4.06. The van der Waals surface area contributed by atoms with Crippen LogP contribution in [0.4, 0.5) is 5.69 Å². The maximum absolute atomic E-state index is 11.0. The Morgan fingerprint density at radius 3 is 2.65 bits per heavy atom. The van der Waals surface area contributed by atoms with Gasteiger partial charge in [0, 0.05) is 12.2 Å². The highest BCUT2D eigenvalue weighted by molar-refractivity contribution is 5.94. The topological polar surface area (TPSA) is 113 Å². The molecule has 0 radical (unpaired) electrons. The molecule has 1 rings (SSSR count). The number of carboxylic acid groups (broad SMARTS) is 1. The van der Waals surface area contributed by atoms with E-state index in [1.807, 2.05) is 0 Å². The number of anilines is 1. The smallest absolute Gasteiger partial charge is 0.337 e. The number of aryl methyl sites for hydroxylation is 1. The Bertz CT molecular complexity index is 445. The number of hydrogen-bond acceptors (Lipinski definition) is 4.